The van der Waals surface area contributed by atoms with Crippen LogP contribution in [0, 0.1) is 17.8 Å². The summed E-state index contributed by atoms with van der Waals surface area (Å²) in [7, 11) is 0. The number of amides is 1. The van der Waals surface area contributed by atoms with E-state index in [4.69, 9.17) is 15.9 Å². The molecule has 0 spiro atoms. The predicted molar refractivity (Wildman–Crippen MR) is 89.6 cm³/mol. The van der Waals surface area contributed by atoms with Crippen molar-refractivity contribution < 1.29 is 19.1 Å². The lowest BCUT2D eigenvalue weighted by atomic mass is 9.67. The molecule has 3 rings (SSSR count). The summed E-state index contributed by atoms with van der Waals surface area (Å²) in [5, 5.41) is 0. The number of nitrogens with zero attached hydrogens (tertiary/aromatic N) is 1. The Labute approximate surface area is 141 Å². The van der Waals surface area contributed by atoms with Crippen molar-refractivity contribution in [3.05, 3.63) is 24.3 Å². The van der Waals surface area contributed by atoms with Gasteiger partial charge >= 0.3 is 5.97 Å². The highest BCUT2D eigenvalue weighted by Crippen LogP contribution is 2.43. The first-order valence-electron chi connectivity index (χ1n) is 8.25. The van der Waals surface area contributed by atoms with Gasteiger partial charge in [-0.15, -0.1) is 12.3 Å². The molecule has 0 unspecified atom stereocenters. The number of ether oxygens (including phenoxy) is 2. The molecule has 126 valence electrons. The van der Waals surface area contributed by atoms with Gasteiger partial charge in [-0.25, -0.2) is 0 Å². The number of rotatable bonds is 6. The number of fused-ring (bicyclic) bond motifs is 1. The van der Waals surface area contributed by atoms with E-state index in [9.17, 15) is 9.59 Å². The van der Waals surface area contributed by atoms with E-state index in [1.54, 1.807) is 4.90 Å². The third-order valence-electron chi connectivity index (χ3n) is 4.78. The van der Waals surface area contributed by atoms with Gasteiger partial charge in [0.1, 0.15) is 5.75 Å². The Morgan fingerprint density at radius 3 is 2.88 bits per heavy atom. The van der Waals surface area contributed by atoms with E-state index in [0.29, 0.717) is 31.0 Å². The van der Waals surface area contributed by atoms with Crippen molar-refractivity contribution in [1.82, 2.24) is 0 Å². The summed E-state index contributed by atoms with van der Waals surface area (Å²) in [6.07, 6.45) is 9.37. The van der Waals surface area contributed by atoms with Crippen LogP contribution in [0.15, 0.2) is 24.3 Å². The van der Waals surface area contributed by atoms with Crippen molar-refractivity contribution in [3.63, 3.8) is 0 Å². The molecule has 0 saturated heterocycles. The Morgan fingerprint density at radius 2 is 2.17 bits per heavy atom. The zero-order chi connectivity index (χ0) is 17.0. The van der Waals surface area contributed by atoms with Gasteiger partial charge < -0.3 is 14.4 Å². The largest absolute Gasteiger partial charge is 0.482 e. The van der Waals surface area contributed by atoms with Crippen molar-refractivity contribution in [1.29, 1.82) is 0 Å². The maximum atomic E-state index is 12.1. The number of para-hydroxylation sites is 2. The van der Waals surface area contributed by atoms with Crippen LogP contribution in [-0.4, -0.2) is 31.6 Å². The summed E-state index contributed by atoms with van der Waals surface area (Å²) in [6, 6.07) is 7.32. The van der Waals surface area contributed by atoms with Gasteiger partial charge in [0.15, 0.2) is 6.61 Å². The van der Waals surface area contributed by atoms with Crippen LogP contribution in [0.2, 0.25) is 0 Å². The van der Waals surface area contributed by atoms with Crippen LogP contribution in [0.3, 0.4) is 0 Å². The predicted octanol–water partition coefficient (Wildman–Crippen LogP) is 2.54. The topological polar surface area (TPSA) is 55.8 Å². The second kappa shape index (κ2) is 6.96. The smallest absolute Gasteiger partial charge is 0.307 e. The van der Waals surface area contributed by atoms with Gasteiger partial charge in [0.25, 0.3) is 5.91 Å². The highest BCUT2D eigenvalue weighted by molar-refractivity contribution is 5.98. The van der Waals surface area contributed by atoms with E-state index in [2.05, 4.69) is 5.92 Å². The number of carbonyl (C=O) groups excluding carboxylic acids is 2. The summed E-state index contributed by atoms with van der Waals surface area (Å²) in [5.41, 5.74) is 0.676. The summed E-state index contributed by atoms with van der Waals surface area (Å²) in [5.74, 6) is 2.89. The Kier molecular flexibility index (Phi) is 4.75. The van der Waals surface area contributed by atoms with E-state index < -0.39 is 0 Å². The second-order valence-electron chi connectivity index (χ2n) is 6.45. The molecule has 1 aliphatic heterocycles. The van der Waals surface area contributed by atoms with Crippen LogP contribution in [0.25, 0.3) is 0 Å². The van der Waals surface area contributed by atoms with Crippen LogP contribution < -0.4 is 9.64 Å². The zero-order valence-electron chi connectivity index (χ0n) is 13.6. The maximum Gasteiger partial charge on any atom is 0.307 e. The third-order valence-corrected chi connectivity index (χ3v) is 4.78. The van der Waals surface area contributed by atoms with Crippen molar-refractivity contribution in [3.8, 4) is 18.1 Å². The number of esters is 1. The third kappa shape index (κ3) is 3.38. The van der Waals surface area contributed by atoms with E-state index in [0.717, 1.165) is 19.3 Å². The number of benzene rings is 1. The molecule has 1 heterocycles. The molecule has 1 aromatic carbocycles. The van der Waals surface area contributed by atoms with E-state index in [-0.39, 0.29) is 30.3 Å². The molecular formula is C19H21NO4. The molecule has 24 heavy (non-hydrogen) atoms. The molecule has 0 bridgehead atoms. The van der Waals surface area contributed by atoms with Crippen LogP contribution in [-0.2, 0) is 14.3 Å². The Bertz CT molecular complexity index is 672. The quantitative estimate of drug-likeness (QED) is 0.595. The normalized spacial score (nSPS) is 18.0. The highest BCUT2D eigenvalue weighted by atomic mass is 16.5. The summed E-state index contributed by atoms with van der Waals surface area (Å²) < 4.78 is 10.8. The number of hydrogen-bond donors (Lipinski definition) is 0. The molecule has 0 atom stereocenters. The molecule has 5 heteroatoms. The Balaban J connectivity index is 1.53. The van der Waals surface area contributed by atoms with Gasteiger partial charge in [0.2, 0.25) is 0 Å². The van der Waals surface area contributed by atoms with Gasteiger partial charge in [0, 0.05) is 18.4 Å². The first-order valence-corrected chi connectivity index (χ1v) is 8.25. The van der Waals surface area contributed by atoms with Gasteiger partial charge in [-0.05, 0) is 25.0 Å². The molecule has 0 radical (unpaired) electrons. The van der Waals surface area contributed by atoms with Gasteiger partial charge in [-0.2, -0.15) is 0 Å². The zero-order valence-corrected chi connectivity index (χ0v) is 13.6. The lowest BCUT2D eigenvalue weighted by Gasteiger charge is -2.39. The van der Waals surface area contributed by atoms with Crippen molar-refractivity contribution in [2.75, 3.05) is 24.7 Å². The monoisotopic (exact) mass is 327 g/mol. The fourth-order valence-corrected chi connectivity index (χ4v) is 3.17. The molecule has 1 amide bonds. The van der Waals surface area contributed by atoms with Gasteiger partial charge in [-0.3, -0.25) is 9.59 Å². The van der Waals surface area contributed by atoms with E-state index in [1.165, 1.54) is 0 Å². The molecule has 2 aliphatic rings. The molecular weight excluding hydrogens is 306 g/mol. The van der Waals surface area contributed by atoms with Crippen LogP contribution >= 0.6 is 0 Å². The average molecular weight is 327 g/mol. The van der Waals surface area contributed by atoms with Crippen molar-refractivity contribution >= 4 is 17.6 Å². The van der Waals surface area contributed by atoms with Crippen LogP contribution in [0.4, 0.5) is 5.69 Å². The minimum absolute atomic E-state index is 0.00264. The lowest BCUT2D eigenvalue weighted by molar-refractivity contribution is -0.149. The summed E-state index contributed by atoms with van der Waals surface area (Å²) >= 11 is 0. The number of carbonyl (C=O) groups is 2. The Hall–Kier alpha value is -2.48. The molecule has 1 saturated carbocycles. The highest BCUT2D eigenvalue weighted by Gasteiger charge is 2.37. The molecule has 1 aliphatic carbocycles. The van der Waals surface area contributed by atoms with Crippen molar-refractivity contribution in [2.24, 2.45) is 5.41 Å². The van der Waals surface area contributed by atoms with Gasteiger partial charge in [-0.1, -0.05) is 18.6 Å². The minimum atomic E-state index is -0.296. The number of anilines is 1. The summed E-state index contributed by atoms with van der Waals surface area (Å²) in [6.45, 7) is 0.668. The second-order valence-corrected chi connectivity index (χ2v) is 6.45. The van der Waals surface area contributed by atoms with E-state index in [1.807, 2.05) is 24.3 Å². The van der Waals surface area contributed by atoms with E-state index >= 15 is 0 Å². The van der Waals surface area contributed by atoms with Crippen LogP contribution in [0.5, 0.6) is 5.75 Å². The standard InChI is InChI=1S/C19H21NO4/c1-2-9-19(10-5-11-19)14-24-18(22)8-12-20-15-6-3-4-7-16(15)23-13-17(20)21/h1,3-4,6-7H,5,8-14H2. The molecule has 0 N–H and O–H groups in total. The van der Waals surface area contributed by atoms with Gasteiger partial charge in [0.05, 0.1) is 18.7 Å². The maximum absolute atomic E-state index is 12.1. The number of terminal acetylenes is 1. The SMILES string of the molecule is C#CCC1(COC(=O)CCN2C(=O)COc3ccccc32)CCC1. The minimum Gasteiger partial charge on any atom is -0.482 e. The van der Waals surface area contributed by atoms with Crippen molar-refractivity contribution in [2.45, 2.75) is 32.1 Å². The number of hydrogen-bond acceptors (Lipinski definition) is 4. The summed E-state index contributed by atoms with van der Waals surface area (Å²) in [4.78, 5) is 25.7. The lowest BCUT2D eigenvalue weighted by Crippen LogP contribution is -2.40. The molecule has 1 aromatic rings. The first-order chi connectivity index (χ1) is 11.6. The Morgan fingerprint density at radius 1 is 1.38 bits per heavy atom. The molecule has 5 nitrogen and oxygen atoms in total. The fourth-order valence-electron chi connectivity index (χ4n) is 3.17. The fraction of sp³-hybridized carbons (Fsp3) is 0.474. The average Bonchev–Trinajstić information content (AvgIpc) is 2.56. The molecule has 1 fully saturated rings. The van der Waals surface area contributed by atoms with Crippen LogP contribution in [0.1, 0.15) is 32.1 Å². The first kappa shape index (κ1) is 16.4. The molecule has 0 aromatic heterocycles.